The number of esters is 1. The van der Waals surface area contributed by atoms with Crippen LogP contribution in [-0.4, -0.2) is 12.6 Å². The van der Waals surface area contributed by atoms with Gasteiger partial charge in [-0.05, 0) is 49.1 Å². The smallest absolute Gasteiger partial charge is 0.350 e. The van der Waals surface area contributed by atoms with Crippen molar-refractivity contribution in [2.45, 2.75) is 27.2 Å². The second-order valence-corrected chi connectivity index (χ2v) is 5.71. The SMILES string of the molecule is CCOC(=O)c1sc(-c2cc(F)ccc2C)c(CC)c1N. The van der Waals surface area contributed by atoms with Crippen LogP contribution in [0.25, 0.3) is 10.4 Å². The third kappa shape index (κ3) is 2.93. The Morgan fingerprint density at radius 3 is 2.71 bits per heavy atom. The molecule has 0 saturated carbocycles. The minimum atomic E-state index is -0.421. The van der Waals surface area contributed by atoms with E-state index in [0.717, 1.165) is 21.6 Å². The van der Waals surface area contributed by atoms with Gasteiger partial charge in [0, 0.05) is 4.88 Å². The van der Waals surface area contributed by atoms with Crippen LogP contribution in [0.4, 0.5) is 10.1 Å². The normalized spacial score (nSPS) is 10.7. The number of hydrogen-bond donors (Lipinski definition) is 1. The first-order chi connectivity index (χ1) is 9.99. The second-order valence-electron chi connectivity index (χ2n) is 4.69. The molecule has 1 heterocycles. The molecule has 0 aliphatic rings. The third-order valence-electron chi connectivity index (χ3n) is 3.31. The van der Waals surface area contributed by atoms with Crippen molar-refractivity contribution < 1.29 is 13.9 Å². The van der Waals surface area contributed by atoms with E-state index in [-0.39, 0.29) is 5.82 Å². The van der Waals surface area contributed by atoms with Crippen molar-refractivity contribution in [1.82, 2.24) is 0 Å². The molecule has 112 valence electrons. The molecule has 2 aromatic rings. The van der Waals surface area contributed by atoms with Crippen molar-refractivity contribution in [3.8, 4) is 10.4 Å². The highest BCUT2D eigenvalue weighted by atomic mass is 32.1. The van der Waals surface area contributed by atoms with Gasteiger partial charge in [-0.25, -0.2) is 9.18 Å². The average Bonchev–Trinajstić information content (AvgIpc) is 2.78. The highest BCUT2D eigenvalue weighted by molar-refractivity contribution is 7.18. The molecule has 3 nitrogen and oxygen atoms in total. The summed E-state index contributed by atoms with van der Waals surface area (Å²) in [4.78, 5) is 13.2. The van der Waals surface area contributed by atoms with Crippen molar-refractivity contribution in [2.24, 2.45) is 0 Å². The van der Waals surface area contributed by atoms with Crippen molar-refractivity contribution in [3.05, 3.63) is 40.0 Å². The number of carbonyl (C=O) groups excluding carboxylic acids is 1. The molecule has 0 saturated heterocycles. The first kappa shape index (κ1) is 15.5. The highest BCUT2D eigenvalue weighted by Crippen LogP contribution is 2.40. The van der Waals surface area contributed by atoms with E-state index in [0.29, 0.717) is 23.6 Å². The molecule has 1 aromatic carbocycles. The summed E-state index contributed by atoms with van der Waals surface area (Å²) < 4.78 is 18.6. The van der Waals surface area contributed by atoms with Gasteiger partial charge in [0.05, 0.1) is 12.3 Å². The van der Waals surface area contributed by atoms with Gasteiger partial charge < -0.3 is 10.5 Å². The van der Waals surface area contributed by atoms with Gasteiger partial charge in [0.25, 0.3) is 0 Å². The first-order valence-electron chi connectivity index (χ1n) is 6.84. The second kappa shape index (κ2) is 6.26. The van der Waals surface area contributed by atoms with Crippen LogP contribution in [0.3, 0.4) is 0 Å². The van der Waals surface area contributed by atoms with Gasteiger partial charge in [-0.2, -0.15) is 0 Å². The van der Waals surface area contributed by atoms with Gasteiger partial charge in [-0.15, -0.1) is 11.3 Å². The number of rotatable bonds is 4. The molecule has 2 rings (SSSR count). The molecule has 5 heteroatoms. The summed E-state index contributed by atoms with van der Waals surface area (Å²) in [6, 6.07) is 4.63. The predicted molar refractivity (Wildman–Crippen MR) is 84.2 cm³/mol. The summed E-state index contributed by atoms with van der Waals surface area (Å²) in [6.07, 6.45) is 0.674. The van der Waals surface area contributed by atoms with Crippen LogP contribution >= 0.6 is 11.3 Å². The van der Waals surface area contributed by atoms with E-state index >= 15 is 0 Å². The van der Waals surface area contributed by atoms with Crippen LogP contribution in [0.1, 0.15) is 34.6 Å². The number of thiophene rings is 1. The van der Waals surface area contributed by atoms with Crippen LogP contribution in [0, 0.1) is 12.7 Å². The Bertz CT molecular complexity index is 679. The van der Waals surface area contributed by atoms with E-state index in [1.165, 1.54) is 23.5 Å². The number of benzene rings is 1. The highest BCUT2D eigenvalue weighted by Gasteiger charge is 2.22. The van der Waals surface area contributed by atoms with E-state index in [9.17, 15) is 9.18 Å². The summed E-state index contributed by atoms with van der Waals surface area (Å²) in [7, 11) is 0. The molecule has 0 radical (unpaired) electrons. The van der Waals surface area contributed by atoms with Gasteiger partial charge in [0.15, 0.2) is 0 Å². The van der Waals surface area contributed by atoms with Gasteiger partial charge in [0.2, 0.25) is 0 Å². The molecule has 2 N–H and O–H groups in total. The molecule has 0 atom stereocenters. The van der Waals surface area contributed by atoms with Gasteiger partial charge in [-0.3, -0.25) is 0 Å². The van der Waals surface area contributed by atoms with Crippen LogP contribution in [0.5, 0.6) is 0 Å². The maximum absolute atomic E-state index is 13.5. The number of halogens is 1. The Hall–Kier alpha value is -1.88. The Morgan fingerprint density at radius 1 is 1.38 bits per heavy atom. The maximum atomic E-state index is 13.5. The van der Waals surface area contributed by atoms with Gasteiger partial charge in [-0.1, -0.05) is 13.0 Å². The van der Waals surface area contributed by atoms with E-state index in [1.54, 1.807) is 13.0 Å². The molecular weight excluding hydrogens is 289 g/mol. The molecule has 21 heavy (non-hydrogen) atoms. The number of ether oxygens (including phenoxy) is 1. The van der Waals surface area contributed by atoms with Crippen LogP contribution in [0.2, 0.25) is 0 Å². The number of nitrogens with two attached hydrogens (primary N) is 1. The molecule has 0 fully saturated rings. The number of anilines is 1. The fourth-order valence-corrected chi connectivity index (χ4v) is 3.52. The van der Waals surface area contributed by atoms with Crippen LogP contribution < -0.4 is 5.73 Å². The van der Waals surface area contributed by atoms with Crippen LogP contribution in [0.15, 0.2) is 18.2 Å². The summed E-state index contributed by atoms with van der Waals surface area (Å²) in [5, 5.41) is 0. The lowest BCUT2D eigenvalue weighted by molar-refractivity contribution is 0.0533. The molecule has 0 unspecified atom stereocenters. The maximum Gasteiger partial charge on any atom is 0.350 e. The van der Waals surface area contributed by atoms with Crippen molar-refractivity contribution in [2.75, 3.05) is 12.3 Å². The largest absolute Gasteiger partial charge is 0.462 e. The zero-order chi connectivity index (χ0) is 15.6. The summed E-state index contributed by atoms with van der Waals surface area (Å²) in [5.41, 5.74) is 9.13. The van der Waals surface area contributed by atoms with Crippen molar-refractivity contribution in [1.29, 1.82) is 0 Å². The molecule has 1 aromatic heterocycles. The van der Waals surface area contributed by atoms with Crippen molar-refractivity contribution in [3.63, 3.8) is 0 Å². The fourth-order valence-electron chi connectivity index (χ4n) is 2.23. The number of aryl methyl sites for hydroxylation is 1. The van der Waals surface area contributed by atoms with E-state index in [1.807, 2.05) is 13.8 Å². The standard InChI is InChI=1S/C16H18FNO2S/c1-4-11-13(18)15(16(19)20-5-2)21-14(11)12-8-10(17)7-6-9(12)3/h6-8H,4-5,18H2,1-3H3. The van der Waals surface area contributed by atoms with Gasteiger partial charge in [0.1, 0.15) is 10.7 Å². The molecular formula is C16H18FNO2S. The lowest BCUT2D eigenvalue weighted by Crippen LogP contribution is -2.05. The molecule has 0 spiro atoms. The molecule has 0 amide bonds. The lowest BCUT2D eigenvalue weighted by atomic mass is 10.0. The zero-order valence-electron chi connectivity index (χ0n) is 12.3. The number of hydrogen-bond acceptors (Lipinski definition) is 4. The predicted octanol–water partition coefficient (Wildman–Crippen LogP) is 4.18. The average molecular weight is 307 g/mol. The van der Waals surface area contributed by atoms with Crippen molar-refractivity contribution >= 4 is 23.0 Å². The monoisotopic (exact) mass is 307 g/mol. The third-order valence-corrected chi connectivity index (χ3v) is 4.57. The topological polar surface area (TPSA) is 52.3 Å². The zero-order valence-corrected chi connectivity index (χ0v) is 13.1. The molecule has 0 bridgehead atoms. The van der Waals surface area contributed by atoms with E-state index in [4.69, 9.17) is 10.5 Å². The van der Waals surface area contributed by atoms with Gasteiger partial charge >= 0.3 is 5.97 Å². The molecule has 0 aliphatic carbocycles. The minimum absolute atomic E-state index is 0.298. The van der Waals surface area contributed by atoms with Crippen LogP contribution in [-0.2, 0) is 11.2 Å². The minimum Gasteiger partial charge on any atom is -0.462 e. The number of nitrogen functional groups attached to an aromatic ring is 1. The Balaban J connectivity index is 2.61. The summed E-state index contributed by atoms with van der Waals surface area (Å²) in [5.74, 6) is -0.725. The quantitative estimate of drug-likeness (QED) is 0.862. The van der Waals surface area contributed by atoms with E-state index in [2.05, 4.69) is 0 Å². The Morgan fingerprint density at radius 2 is 2.10 bits per heavy atom. The molecule has 0 aliphatic heterocycles. The Kier molecular flexibility index (Phi) is 4.63. The lowest BCUT2D eigenvalue weighted by Gasteiger charge is -2.06. The Labute approximate surface area is 127 Å². The fraction of sp³-hybridized carbons (Fsp3) is 0.312. The first-order valence-corrected chi connectivity index (χ1v) is 7.66. The number of carbonyl (C=O) groups is 1. The summed E-state index contributed by atoms with van der Waals surface area (Å²) >= 11 is 1.27. The summed E-state index contributed by atoms with van der Waals surface area (Å²) in [6.45, 7) is 5.92. The van der Waals surface area contributed by atoms with E-state index < -0.39 is 5.97 Å².